The fourth-order valence-electron chi connectivity index (χ4n) is 1.79. The maximum atomic E-state index is 12.0. The molecule has 1 aliphatic rings. The Morgan fingerprint density at radius 1 is 1.17 bits per heavy atom. The van der Waals surface area contributed by atoms with Gasteiger partial charge in [0.1, 0.15) is 10.6 Å². The number of rotatable bonds is 7. The second-order valence-electron chi connectivity index (χ2n) is 4.63. The van der Waals surface area contributed by atoms with Crippen molar-refractivity contribution in [2.24, 2.45) is 5.16 Å². The standard InChI is InChI=1S/C15H16N2O5S/c18-9-8-16-11-12-10-13(6-7-15(12)19)17-22-23(20,21)14-4-2-1-3-5-14/h1-7,10,16,18H,8-9,11H2. The monoisotopic (exact) mass is 336 g/mol. The van der Waals surface area contributed by atoms with Gasteiger partial charge < -0.3 is 10.4 Å². The Morgan fingerprint density at radius 2 is 1.91 bits per heavy atom. The zero-order chi connectivity index (χ0) is 16.7. The third-order valence-corrected chi connectivity index (χ3v) is 4.04. The Hall–Kier alpha value is -2.29. The van der Waals surface area contributed by atoms with Crippen LogP contribution in [0.3, 0.4) is 0 Å². The minimum absolute atomic E-state index is 0.00553. The molecule has 1 aromatic carbocycles. The summed E-state index contributed by atoms with van der Waals surface area (Å²) >= 11 is 0. The number of hydrogen-bond acceptors (Lipinski definition) is 7. The molecule has 0 atom stereocenters. The van der Waals surface area contributed by atoms with Gasteiger partial charge in [0.15, 0.2) is 5.78 Å². The number of nitrogens with zero attached hydrogens (tertiary/aromatic N) is 1. The molecular weight excluding hydrogens is 320 g/mol. The van der Waals surface area contributed by atoms with Gasteiger partial charge in [0, 0.05) is 18.7 Å². The molecule has 8 heteroatoms. The predicted molar refractivity (Wildman–Crippen MR) is 84.3 cm³/mol. The highest BCUT2D eigenvalue weighted by atomic mass is 32.2. The van der Waals surface area contributed by atoms with E-state index in [0.29, 0.717) is 12.1 Å². The van der Waals surface area contributed by atoms with Crippen LogP contribution >= 0.6 is 0 Å². The Balaban J connectivity index is 2.10. The number of aliphatic hydroxyl groups is 1. The van der Waals surface area contributed by atoms with Crippen molar-refractivity contribution in [3.8, 4) is 0 Å². The Labute approximate surface area is 134 Å². The largest absolute Gasteiger partial charge is 0.395 e. The normalized spacial score (nSPS) is 16.5. The molecule has 2 N–H and O–H groups in total. The second-order valence-corrected chi connectivity index (χ2v) is 6.15. The average molecular weight is 336 g/mol. The number of aliphatic hydroxyl groups excluding tert-OH is 1. The summed E-state index contributed by atoms with van der Waals surface area (Å²) in [6.07, 6.45) is 4.10. The lowest BCUT2D eigenvalue weighted by Crippen LogP contribution is -2.25. The molecule has 7 nitrogen and oxygen atoms in total. The van der Waals surface area contributed by atoms with Crippen LogP contribution in [-0.4, -0.2) is 44.7 Å². The fraction of sp³-hybridized carbons (Fsp3) is 0.200. The Kier molecular flexibility index (Phi) is 5.80. The van der Waals surface area contributed by atoms with Crippen LogP contribution in [0.1, 0.15) is 0 Å². The highest BCUT2D eigenvalue weighted by molar-refractivity contribution is 7.86. The van der Waals surface area contributed by atoms with Crippen LogP contribution in [-0.2, 0) is 19.2 Å². The first-order valence-electron chi connectivity index (χ1n) is 6.84. The molecule has 0 radical (unpaired) electrons. The van der Waals surface area contributed by atoms with E-state index in [1.165, 1.54) is 30.4 Å². The Morgan fingerprint density at radius 3 is 2.61 bits per heavy atom. The quantitative estimate of drug-likeness (QED) is 0.424. The lowest BCUT2D eigenvalue weighted by atomic mass is 10.0. The number of benzene rings is 1. The van der Waals surface area contributed by atoms with Crippen molar-refractivity contribution in [2.45, 2.75) is 4.90 Å². The summed E-state index contributed by atoms with van der Waals surface area (Å²) in [5.41, 5.74) is 0.616. The van der Waals surface area contributed by atoms with Gasteiger partial charge >= 0.3 is 10.1 Å². The molecule has 0 fully saturated rings. The van der Waals surface area contributed by atoms with Crippen LogP contribution in [0.15, 0.2) is 64.2 Å². The number of nitrogens with one attached hydrogen (secondary N) is 1. The summed E-state index contributed by atoms with van der Waals surface area (Å²) in [4.78, 5) is 11.7. The molecule has 0 spiro atoms. The summed E-state index contributed by atoms with van der Waals surface area (Å²) in [6.45, 7) is 0.546. The van der Waals surface area contributed by atoms with E-state index in [2.05, 4.69) is 14.8 Å². The number of carbonyl (C=O) groups is 1. The number of hydrogen-bond donors (Lipinski definition) is 2. The highest BCUT2D eigenvalue weighted by Crippen LogP contribution is 2.13. The fourth-order valence-corrected chi connectivity index (χ4v) is 2.55. The molecule has 0 bridgehead atoms. The van der Waals surface area contributed by atoms with Crippen molar-refractivity contribution in [3.63, 3.8) is 0 Å². The third-order valence-electron chi connectivity index (χ3n) is 2.92. The van der Waals surface area contributed by atoms with E-state index < -0.39 is 10.1 Å². The summed E-state index contributed by atoms with van der Waals surface area (Å²) in [5.74, 6) is -0.208. The van der Waals surface area contributed by atoms with E-state index in [1.807, 2.05) is 0 Å². The van der Waals surface area contributed by atoms with Gasteiger partial charge in [-0.15, -0.1) is 0 Å². The lowest BCUT2D eigenvalue weighted by Gasteiger charge is -2.09. The molecule has 0 aromatic heterocycles. The first-order chi connectivity index (χ1) is 11.0. The van der Waals surface area contributed by atoms with E-state index in [0.717, 1.165) is 0 Å². The Bertz CT molecular complexity index is 751. The lowest BCUT2D eigenvalue weighted by molar-refractivity contribution is -0.111. The molecule has 23 heavy (non-hydrogen) atoms. The highest BCUT2D eigenvalue weighted by Gasteiger charge is 2.16. The summed E-state index contributed by atoms with van der Waals surface area (Å²) in [7, 11) is -4.00. The van der Waals surface area contributed by atoms with Crippen molar-refractivity contribution in [3.05, 3.63) is 54.1 Å². The number of carbonyl (C=O) groups excluding carboxylic acids is 1. The van der Waals surface area contributed by atoms with Crippen molar-refractivity contribution in [1.29, 1.82) is 0 Å². The van der Waals surface area contributed by atoms with E-state index in [1.54, 1.807) is 18.2 Å². The SMILES string of the molecule is O=C1C=CC(=NOS(=O)(=O)c2ccccc2)C=C1CNCCO. The van der Waals surface area contributed by atoms with Crippen LogP contribution in [0.4, 0.5) is 0 Å². The zero-order valence-electron chi connectivity index (χ0n) is 12.2. The molecule has 2 rings (SSSR count). The number of allylic oxidation sites excluding steroid dienone is 3. The number of ketones is 1. The first kappa shape index (κ1) is 17.1. The van der Waals surface area contributed by atoms with E-state index in [4.69, 9.17) is 5.11 Å². The minimum atomic E-state index is -4.00. The molecule has 122 valence electrons. The second kappa shape index (κ2) is 7.82. The molecule has 0 saturated heterocycles. The molecule has 0 saturated carbocycles. The molecule has 0 aliphatic heterocycles. The van der Waals surface area contributed by atoms with Crippen molar-refractivity contribution in [2.75, 3.05) is 19.7 Å². The van der Waals surface area contributed by atoms with Crippen LogP contribution in [0.2, 0.25) is 0 Å². The first-order valence-corrected chi connectivity index (χ1v) is 8.25. The summed E-state index contributed by atoms with van der Waals surface area (Å²) in [6, 6.07) is 7.64. The molecule has 0 unspecified atom stereocenters. The smallest absolute Gasteiger partial charge is 0.358 e. The topological polar surface area (TPSA) is 105 Å². The van der Waals surface area contributed by atoms with E-state index >= 15 is 0 Å². The van der Waals surface area contributed by atoms with Gasteiger partial charge in [0.05, 0.1) is 6.61 Å². The molecular formula is C15H16N2O5S. The van der Waals surface area contributed by atoms with Gasteiger partial charge in [-0.25, -0.2) is 0 Å². The molecule has 0 amide bonds. The van der Waals surface area contributed by atoms with Crippen LogP contribution in [0, 0.1) is 0 Å². The summed E-state index contributed by atoms with van der Waals surface area (Å²) < 4.78 is 28.6. The van der Waals surface area contributed by atoms with Gasteiger partial charge in [0.25, 0.3) is 0 Å². The zero-order valence-corrected chi connectivity index (χ0v) is 13.0. The molecule has 1 aromatic rings. The van der Waals surface area contributed by atoms with E-state index in [-0.39, 0.29) is 29.5 Å². The van der Waals surface area contributed by atoms with E-state index in [9.17, 15) is 13.2 Å². The minimum Gasteiger partial charge on any atom is -0.395 e. The van der Waals surface area contributed by atoms with Crippen molar-refractivity contribution in [1.82, 2.24) is 5.32 Å². The molecule has 0 heterocycles. The van der Waals surface area contributed by atoms with Gasteiger partial charge in [-0.2, -0.15) is 8.42 Å². The summed E-state index contributed by atoms with van der Waals surface area (Å²) in [5, 5.41) is 15.2. The van der Waals surface area contributed by atoms with Crippen molar-refractivity contribution < 1.29 is 22.6 Å². The number of oxime groups is 1. The molecule has 1 aliphatic carbocycles. The van der Waals surface area contributed by atoms with Crippen LogP contribution < -0.4 is 5.32 Å². The maximum Gasteiger partial charge on any atom is 0.358 e. The van der Waals surface area contributed by atoms with Crippen molar-refractivity contribution >= 4 is 21.6 Å². The van der Waals surface area contributed by atoms with Gasteiger partial charge in [-0.05, 0) is 30.4 Å². The predicted octanol–water partition coefficient (Wildman–Crippen LogP) is 0.395. The van der Waals surface area contributed by atoms with Crippen LogP contribution in [0.5, 0.6) is 0 Å². The van der Waals surface area contributed by atoms with Gasteiger partial charge in [-0.3, -0.25) is 9.08 Å². The van der Waals surface area contributed by atoms with Gasteiger partial charge in [-0.1, -0.05) is 23.4 Å². The van der Waals surface area contributed by atoms with Gasteiger partial charge in [0.2, 0.25) is 0 Å². The average Bonchev–Trinajstić information content (AvgIpc) is 2.56. The maximum absolute atomic E-state index is 12.0. The third kappa shape index (κ3) is 4.85. The van der Waals surface area contributed by atoms with Crippen LogP contribution in [0.25, 0.3) is 0 Å².